The van der Waals surface area contributed by atoms with Gasteiger partial charge < -0.3 is 19.7 Å². The number of nitrogens with zero attached hydrogens (tertiary/aromatic N) is 5. The molecule has 2 saturated heterocycles. The molecule has 0 saturated carbocycles. The number of aliphatic hydroxyl groups is 2. The summed E-state index contributed by atoms with van der Waals surface area (Å²) >= 11 is 0. The maximum atomic E-state index is 13.4. The van der Waals surface area contributed by atoms with Crippen molar-refractivity contribution in [3.63, 3.8) is 0 Å². The molecule has 3 aromatic rings. The predicted molar refractivity (Wildman–Crippen MR) is 139 cm³/mol. The number of hydrazine groups is 1. The van der Waals surface area contributed by atoms with Gasteiger partial charge in [0.1, 0.15) is 24.4 Å². The van der Waals surface area contributed by atoms with Crippen molar-refractivity contribution >= 4 is 17.8 Å². The lowest BCUT2D eigenvalue weighted by Gasteiger charge is -2.26. The number of morpholine rings is 1. The average Bonchev–Trinajstić information content (AvgIpc) is 3.43. The zero-order chi connectivity index (χ0) is 26.2. The SMILES string of the molecule is C[C@H]1O[C@@H](n2nc(-c3ccc(CN4CCOCC4)cc3)c3c2N=CN(Nc2ccc(F)cc2)C3)[C@H](O)[C@@H]1O. The monoisotopic (exact) mass is 522 g/mol. The Labute approximate surface area is 219 Å². The van der Waals surface area contributed by atoms with Gasteiger partial charge in [-0.3, -0.25) is 15.3 Å². The van der Waals surface area contributed by atoms with Crippen LogP contribution >= 0.6 is 0 Å². The Hall–Kier alpha value is -3.35. The van der Waals surface area contributed by atoms with Crippen LogP contribution in [0.3, 0.4) is 0 Å². The molecule has 0 bridgehead atoms. The summed E-state index contributed by atoms with van der Waals surface area (Å²) in [5.74, 6) is 0.247. The molecule has 0 unspecified atom stereocenters. The standard InChI is InChI=1S/C27H31FN6O4/c1-17-24(35)25(36)27(38-17)34-26-22(15-33(16-29-26)30-21-8-6-20(28)7-9-21)23(31-34)19-4-2-18(3-5-19)14-32-10-12-37-13-11-32/h2-9,16-17,24-25,27,30,35-36H,10-15H2,1H3/t17-,24-,25-,27-/m1/s1. The summed E-state index contributed by atoms with van der Waals surface area (Å²) in [6.07, 6.45) is -1.94. The summed E-state index contributed by atoms with van der Waals surface area (Å²) in [6.45, 7) is 6.34. The Morgan fingerprint density at radius 3 is 2.45 bits per heavy atom. The van der Waals surface area contributed by atoms with Crippen LogP contribution in [-0.2, 0) is 22.6 Å². The molecule has 0 radical (unpaired) electrons. The minimum absolute atomic E-state index is 0.308. The van der Waals surface area contributed by atoms with Gasteiger partial charge in [-0.1, -0.05) is 24.3 Å². The first-order chi connectivity index (χ1) is 18.5. The third-order valence-corrected chi connectivity index (χ3v) is 7.20. The van der Waals surface area contributed by atoms with Gasteiger partial charge >= 0.3 is 0 Å². The van der Waals surface area contributed by atoms with Crippen molar-refractivity contribution in [1.29, 1.82) is 0 Å². The second kappa shape index (κ2) is 10.4. The summed E-state index contributed by atoms with van der Waals surface area (Å²) in [7, 11) is 0. The Bertz CT molecular complexity index is 1290. The molecule has 3 aliphatic heterocycles. The van der Waals surface area contributed by atoms with Gasteiger partial charge in [-0.25, -0.2) is 14.1 Å². The molecular formula is C27H31FN6O4. The number of ether oxygens (including phenoxy) is 2. The number of aliphatic imine (C=N–C) groups is 1. The van der Waals surface area contributed by atoms with E-state index in [0.717, 1.165) is 44.0 Å². The molecule has 2 fully saturated rings. The molecule has 38 heavy (non-hydrogen) atoms. The van der Waals surface area contributed by atoms with E-state index in [-0.39, 0.29) is 5.82 Å². The second-order valence-electron chi connectivity index (χ2n) is 9.88. The van der Waals surface area contributed by atoms with Crippen LogP contribution in [-0.4, -0.2) is 80.9 Å². The van der Waals surface area contributed by atoms with E-state index in [9.17, 15) is 14.6 Å². The van der Waals surface area contributed by atoms with Crippen LogP contribution < -0.4 is 5.43 Å². The number of fused-ring (bicyclic) bond motifs is 1. The molecule has 4 heterocycles. The van der Waals surface area contributed by atoms with Crippen molar-refractivity contribution in [1.82, 2.24) is 19.7 Å². The Kier molecular flexibility index (Phi) is 6.85. The van der Waals surface area contributed by atoms with E-state index in [1.54, 1.807) is 35.1 Å². The van der Waals surface area contributed by atoms with E-state index in [1.807, 2.05) is 12.1 Å². The lowest BCUT2D eigenvalue weighted by atomic mass is 10.0. The van der Waals surface area contributed by atoms with Crippen molar-refractivity contribution in [3.8, 4) is 11.3 Å². The fourth-order valence-corrected chi connectivity index (χ4v) is 5.06. The molecule has 3 aliphatic rings. The molecule has 0 aliphatic carbocycles. The number of halogens is 1. The minimum atomic E-state index is -1.14. The van der Waals surface area contributed by atoms with Crippen molar-refractivity contribution in [3.05, 3.63) is 65.5 Å². The van der Waals surface area contributed by atoms with Crippen LogP contribution in [0.1, 0.15) is 24.3 Å². The lowest BCUT2D eigenvalue weighted by molar-refractivity contribution is -0.0384. The van der Waals surface area contributed by atoms with E-state index in [2.05, 4.69) is 27.5 Å². The van der Waals surface area contributed by atoms with Crippen LogP contribution in [0.25, 0.3) is 11.3 Å². The Balaban J connectivity index is 1.30. The second-order valence-corrected chi connectivity index (χ2v) is 9.88. The number of rotatable bonds is 6. The fourth-order valence-electron chi connectivity index (χ4n) is 5.06. The zero-order valence-corrected chi connectivity index (χ0v) is 21.1. The van der Waals surface area contributed by atoms with E-state index < -0.39 is 24.5 Å². The van der Waals surface area contributed by atoms with Gasteiger partial charge in [0.15, 0.2) is 12.0 Å². The van der Waals surface area contributed by atoms with Gasteiger partial charge in [0.25, 0.3) is 0 Å². The lowest BCUT2D eigenvalue weighted by Crippen LogP contribution is -2.35. The van der Waals surface area contributed by atoms with Crippen molar-refractivity contribution in [2.45, 2.75) is 44.6 Å². The fraction of sp³-hybridized carbons (Fsp3) is 0.407. The number of benzene rings is 2. The van der Waals surface area contributed by atoms with Gasteiger partial charge in [-0.2, -0.15) is 5.10 Å². The highest BCUT2D eigenvalue weighted by atomic mass is 19.1. The van der Waals surface area contributed by atoms with Crippen LogP contribution in [0.15, 0.2) is 53.5 Å². The highest BCUT2D eigenvalue weighted by Crippen LogP contribution is 2.39. The summed E-state index contributed by atoms with van der Waals surface area (Å²) in [5, 5.41) is 27.6. The van der Waals surface area contributed by atoms with Gasteiger partial charge in [0, 0.05) is 30.8 Å². The summed E-state index contributed by atoms with van der Waals surface area (Å²) in [5.41, 5.74) is 7.61. The molecular weight excluding hydrogens is 491 g/mol. The highest BCUT2D eigenvalue weighted by molar-refractivity contribution is 5.75. The van der Waals surface area contributed by atoms with Gasteiger partial charge in [-0.05, 0) is 36.8 Å². The van der Waals surface area contributed by atoms with E-state index in [0.29, 0.717) is 23.7 Å². The number of hydrogen-bond donors (Lipinski definition) is 3. The molecule has 2 aromatic carbocycles. The summed E-state index contributed by atoms with van der Waals surface area (Å²) < 4.78 is 26.2. The Morgan fingerprint density at radius 2 is 1.76 bits per heavy atom. The van der Waals surface area contributed by atoms with Gasteiger partial charge in [0.05, 0.1) is 37.2 Å². The molecule has 4 atom stereocenters. The maximum absolute atomic E-state index is 13.4. The number of anilines is 1. The minimum Gasteiger partial charge on any atom is -0.388 e. The third-order valence-electron chi connectivity index (χ3n) is 7.20. The van der Waals surface area contributed by atoms with Crippen LogP contribution in [0.5, 0.6) is 0 Å². The average molecular weight is 523 g/mol. The van der Waals surface area contributed by atoms with E-state index >= 15 is 0 Å². The van der Waals surface area contributed by atoms with E-state index in [1.165, 1.54) is 17.7 Å². The first-order valence-electron chi connectivity index (χ1n) is 12.8. The van der Waals surface area contributed by atoms with Gasteiger partial charge in [-0.15, -0.1) is 0 Å². The topological polar surface area (TPSA) is 108 Å². The van der Waals surface area contributed by atoms with E-state index in [4.69, 9.17) is 14.6 Å². The molecule has 6 rings (SSSR count). The van der Waals surface area contributed by atoms with Crippen molar-refractivity contribution < 1.29 is 24.1 Å². The Morgan fingerprint density at radius 1 is 1.03 bits per heavy atom. The quantitative estimate of drug-likeness (QED) is 0.454. The van der Waals surface area contributed by atoms with Gasteiger partial charge in [0.2, 0.25) is 0 Å². The number of aliphatic hydroxyl groups excluding tert-OH is 2. The number of aromatic nitrogens is 2. The normalized spacial score (nSPS) is 25.5. The highest BCUT2D eigenvalue weighted by Gasteiger charge is 2.43. The zero-order valence-electron chi connectivity index (χ0n) is 21.1. The summed E-state index contributed by atoms with van der Waals surface area (Å²) in [6, 6.07) is 14.4. The van der Waals surface area contributed by atoms with Crippen molar-refractivity contribution in [2.24, 2.45) is 4.99 Å². The summed E-state index contributed by atoms with van der Waals surface area (Å²) in [4.78, 5) is 7.00. The number of hydrogen-bond acceptors (Lipinski definition) is 9. The van der Waals surface area contributed by atoms with Crippen LogP contribution in [0.2, 0.25) is 0 Å². The van der Waals surface area contributed by atoms with Crippen LogP contribution in [0, 0.1) is 5.82 Å². The van der Waals surface area contributed by atoms with Crippen LogP contribution in [0.4, 0.5) is 15.9 Å². The maximum Gasteiger partial charge on any atom is 0.181 e. The molecule has 200 valence electrons. The molecule has 0 spiro atoms. The largest absolute Gasteiger partial charge is 0.388 e. The molecule has 3 N–H and O–H groups in total. The smallest absolute Gasteiger partial charge is 0.181 e. The first kappa shape index (κ1) is 25.0. The van der Waals surface area contributed by atoms with Crippen molar-refractivity contribution in [2.75, 3.05) is 31.7 Å². The third kappa shape index (κ3) is 4.91. The molecule has 10 nitrogen and oxygen atoms in total. The molecule has 11 heteroatoms. The first-order valence-corrected chi connectivity index (χ1v) is 12.8. The molecule has 0 amide bonds. The predicted octanol–water partition coefficient (Wildman–Crippen LogP) is 2.66. The number of nitrogens with one attached hydrogen (secondary N) is 1. The molecule has 1 aromatic heterocycles.